The van der Waals surface area contributed by atoms with E-state index < -0.39 is 10.0 Å². The van der Waals surface area contributed by atoms with Crippen LogP contribution >= 0.6 is 11.8 Å². The maximum atomic E-state index is 13.5. The lowest BCUT2D eigenvalue weighted by Gasteiger charge is -2.35. The van der Waals surface area contributed by atoms with Crippen LogP contribution < -0.4 is 9.80 Å². The number of amides is 1. The number of carbonyl (C=O) groups excluding carboxylic acids is 1. The molecular weight excluding hydrogens is 466 g/mol. The highest BCUT2D eigenvalue weighted by atomic mass is 32.2. The van der Waals surface area contributed by atoms with Crippen LogP contribution in [0.25, 0.3) is 0 Å². The van der Waals surface area contributed by atoms with Gasteiger partial charge >= 0.3 is 0 Å². The Bertz CT molecular complexity index is 1270. The fraction of sp³-hybridized carbons (Fsp3) is 0.269. The van der Waals surface area contributed by atoms with Crippen LogP contribution in [0.2, 0.25) is 0 Å². The minimum Gasteiger partial charge on any atom is -0.369 e. The minimum absolute atomic E-state index is 0.166. The number of hydrogen-bond donors (Lipinski definition) is 0. The molecule has 0 saturated carbocycles. The molecule has 3 aromatic rings. The Morgan fingerprint density at radius 2 is 1.53 bits per heavy atom. The molecule has 0 radical (unpaired) electrons. The predicted octanol–water partition coefficient (Wildman–Crippen LogP) is 4.34. The lowest BCUT2D eigenvalue weighted by Crippen LogP contribution is -2.48. The van der Waals surface area contributed by atoms with Crippen LogP contribution in [-0.4, -0.2) is 57.1 Å². The van der Waals surface area contributed by atoms with Crippen LogP contribution in [0, 0.1) is 0 Å². The van der Waals surface area contributed by atoms with E-state index in [4.69, 9.17) is 0 Å². The van der Waals surface area contributed by atoms with Crippen molar-refractivity contribution in [3.63, 3.8) is 0 Å². The van der Waals surface area contributed by atoms with E-state index in [0.29, 0.717) is 38.3 Å². The van der Waals surface area contributed by atoms with E-state index in [-0.39, 0.29) is 10.8 Å². The van der Waals surface area contributed by atoms with Crippen molar-refractivity contribution in [3.05, 3.63) is 84.4 Å². The maximum Gasteiger partial charge on any atom is 0.258 e. The quantitative estimate of drug-likeness (QED) is 0.541. The summed E-state index contributed by atoms with van der Waals surface area (Å²) >= 11 is 1.75. The Labute approximate surface area is 205 Å². The average Bonchev–Trinajstić information content (AvgIpc) is 3.11. The molecule has 1 saturated heterocycles. The summed E-state index contributed by atoms with van der Waals surface area (Å²) in [4.78, 5) is 18.7. The van der Waals surface area contributed by atoms with Crippen LogP contribution in [0.4, 0.5) is 11.4 Å². The molecule has 1 amide bonds. The second-order valence-corrected chi connectivity index (χ2v) is 11.5. The lowest BCUT2D eigenvalue weighted by atomic mass is 10.1. The van der Waals surface area contributed by atoms with Gasteiger partial charge in [-0.05, 0) is 54.6 Å². The van der Waals surface area contributed by atoms with Gasteiger partial charge in [-0.1, -0.05) is 36.4 Å². The van der Waals surface area contributed by atoms with Gasteiger partial charge in [0.05, 0.1) is 10.6 Å². The Hall–Kier alpha value is -2.81. The Morgan fingerprint density at radius 3 is 2.32 bits per heavy atom. The van der Waals surface area contributed by atoms with E-state index in [9.17, 15) is 13.2 Å². The summed E-state index contributed by atoms with van der Waals surface area (Å²) in [5, 5.41) is 0. The third-order valence-corrected chi connectivity index (χ3v) is 9.31. The molecule has 2 aliphatic heterocycles. The number of hydrogen-bond acceptors (Lipinski definition) is 5. The number of benzene rings is 3. The summed E-state index contributed by atoms with van der Waals surface area (Å²) in [6.07, 6.45) is 0.884. The van der Waals surface area contributed by atoms with Crippen molar-refractivity contribution in [1.29, 1.82) is 0 Å². The summed E-state index contributed by atoms with van der Waals surface area (Å²) < 4.78 is 28.3. The van der Waals surface area contributed by atoms with E-state index in [1.807, 2.05) is 54.6 Å². The number of para-hydroxylation sites is 2. The normalized spacial score (nSPS) is 17.2. The Kier molecular flexibility index (Phi) is 6.63. The number of rotatable bonds is 4. The van der Waals surface area contributed by atoms with Gasteiger partial charge < -0.3 is 9.80 Å². The van der Waals surface area contributed by atoms with Gasteiger partial charge in [-0.15, -0.1) is 11.8 Å². The van der Waals surface area contributed by atoms with Crippen LogP contribution in [0.15, 0.2) is 88.7 Å². The molecule has 34 heavy (non-hydrogen) atoms. The number of anilines is 2. The molecule has 2 heterocycles. The van der Waals surface area contributed by atoms with Gasteiger partial charge in [0.2, 0.25) is 10.0 Å². The number of piperazine rings is 1. The molecule has 5 rings (SSSR count). The molecule has 2 aliphatic rings. The van der Waals surface area contributed by atoms with Gasteiger partial charge in [0.1, 0.15) is 0 Å². The van der Waals surface area contributed by atoms with E-state index in [2.05, 4.69) is 4.90 Å². The molecule has 0 aromatic heterocycles. The Balaban J connectivity index is 1.35. The van der Waals surface area contributed by atoms with Crippen molar-refractivity contribution in [2.75, 3.05) is 48.3 Å². The van der Waals surface area contributed by atoms with Gasteiger partial charge in [0.25, 0.3) is 5.91 Å². The van der Waals surface area contributed by atoms with Gasteiger partial charge in [-0.25, -0.2) is 8.42 Å². The molecule has 3 aromatic carbocycles. The van der Waals surface area contributed by atoms with Crippen molar-refractivity contribution < 1.29 is 13.2 Å². The second kappa shape index (κ2) is 9.82. The van der Waals surface area contributed by atoms with Crippen LogP contribution in [0.5, 0.6) is 0 Å². The SMILES string of the molecule is O=C(c1cccc(S(=O)(=O)N2CCN(c3ccccc3)CC2)c1)N1CCCSc2ccccc21. The standard InChI is InChI=1S/C26H27N3O3S2/c30-26(29-14-7-19-33-25-13-5-4-12-24(25)29)21-8-6-11-23(20-21)34(31,32)28-17-15-27(16-18-28)22-9-2-1-3-10-22/h1-6,8-13,20H,7,14-19H2. The summed E-state index contributed by atoms with van der Waals surface area (Å²) in [6, 6.07) is 24.4. The predicted molar refractivity (Wildman–Crippen MR) is 137 cm³/mol. The first kappa shape index (κ1) is 23.0. The summed E-state index contributed by atoms with van der Waals surface area (Å²) in [6.45, 7) is 2.69. The van der Waals surface area contributed by atoms with Crippen molar-refractivity contribution in [2.45, 2.75) is 16.2 Å². The molecule has 0 spiro atoms. The smallest absolute Gasteiger partial charge is 0.258 e. The molecule has 1 fully saturated rings. The van der Waals surface area contributed by atoms with Gasteiger partial charge in [0, 0.05) is 48.9 Å². The van der Waals surface area contributed by atoms with Crippen LogP contribution in [0.3, 0.4) is 0 Å². The molecular formula is C26H27N3O3S2. The highest BCUT2D eigenvalue weighted by Gasteiger charge is 2.30. The van der Waals surface area contributed by atoms with Gasteiger partial charge in [-0.2, -0.15) is 4.31 Å². The van der Waals surface area contributed by atoms with Gasteiger partial charge in [0.15, 0.2) is 0 Å². The first-order valence-electron chi connectivity index (χ1n) is 11.5. The average molecular weight is 494 g/mol. The molecule has 8 heteroatoms. The summed E-state index contributed by atoms with van der Waals surface area (Å²) in [5.41, 5.74) is 2.38. The summed E-state index contributed by atoms with van der Waals surface area (Å²) in [7, 11) is -3.69. The zero-order valence-corrected chi connectivity index (χ0v) is 20.5. The highest BCUT2D eigenvalue weighted by Crippen LogP contribution is 2.34. The zero-order chi connectivity index (χ0) is 23.5. The topological polar surface area (TPSA) is 60.9 Å². The number of sulfonamides is 1. The van der Waals surface area contributed by atoms with Crippen molar-refractivity contribution >= 4 is 39.1 Å². The number of fused-ring (bicyclic) bond motifs is 1. The van der Waals surface area contributed by atoms with E-state index >= 15 is 0 Å². The summed E-state index contributed by atoms with van der Waals surface area (Å²) in [5.74, 6) is 0.783. The fourth-order valence-corrected chi connectivity index (χ4v) is 6.92. The zero-order valence-electron chi connectivity index (χ0n) is 18.8. The van der Waals surface area contributed by atoms with E-state index in [1.165, 1.54) is 10.4 Å². The molecule has 0 atom stereocenters. The fourth-order valence-electron chi connectivity index (χ4n) is 4.46. The molecule has 176 valence electrons. The monoisotopic (exact) mass is 493 g/mol. The molecule has 6 nitrogen and oxygen atoms in total. The minimum atomic E-state index is -3.69. The van der Waals surface area contributed by atoms with Crippen molar-refractivity contribution in [2.24, 2.45) is 0 Å². The van der Waals surface area contributed by atoms with Crippen LogP contribution in [-0.2, 0) is 10.0 Å². The Morgan fingerprint density at radius 1 is 0.794 bits per heavy atom. The second-order valence-electron chi connectivity index (χ2n) is 8.38. The lowest BCUT2D eigenvalue weighted by molar-refractivity contribution is 0.0986. The maximum absolute atomic E-state index is 13.5. The third kappa shape index (κ3) is 4.58. The first-order chi connectivity index (χ1) is 16.5. The van der Waals surface area contributed by atoms with Gasteiger partial charge in [-0.3, -0.25) is 4.79 Å². The van der Waals surface area contributed by atoms with Crippen LogP contribution in [0.1, 0.15) is 16.8 Å². The highest BCUT2D eigenvalue weighted by molar-refractivity contribution is 7.99. The number of nitrogens with zero attached hydrogens (tertiary/aromatic N) is 3. The first-order valence-corrected chi connectivity index (χ1v) is 13.9. The number of thioether (sulfide) groups is 1. The molecule has 0 unspecified atom stereocenters. The largest absolute Gasteiger partial charge is 0.369 e. The third-order valence-electron chi connectivity index (χ3n) is 6.26. The molecule has 0 bridgehead atoms. The van der Waals surface area contributed by atoms with Crippen molar-refractivity contribution in [3.8, 4) is 0 Å². The molecule has 0 N–H and O–H groups in total. The van der Waals surface area contributed by atoms with E-state index in [0.717, 1.165) is 28.4 Å². The molecule has 0 aliphatic carbocycles. The van der Waals surface area contributed by atoms with Crippen molar-refractivity contribution in [1.82, 2.24) is 4.31 Å². The van der Waals surface area contributed by atoms with E-state index in [1.54, 1.807) is 34.9 Å². The number of carbonyl (C=O) groups is 1.